The number of rotatable bonds is 8. The summed E-state index contributed by atoms with van der Waals surface area (Å²) in [7, 11) is -2.87. The predicted molar refractivity (Wildman–Crippen MR) is 153 cm³/mol. The van der Waals surface area contributed by atoms with Gasteiger partial charge in [0.15, 0.2) is 0 Å². The first kappa shape index (κ1) is 28.0. The number of hydrogen-bond donors (Lipinski definition) is 2. The van der Waals surface area contributed by atoms with Gasteiger partial charge in [-0.25, -0.2) is 4.79 Å². The molecule has 3 N–H and O–H groups in total. The van der Waals surface area contributed by atoms with Crippen molar-refractivity contribution in [1.82, 2.24) is 4.90 Å². The molecule has 204 valence electrons. The number of nitro benzene ring substituents is 1. The summed E-state index contributed by atoms with van der Waals surface area (Å²) in [6.45, 7) is 6.73. The van der Waals surface area contributed by atoms with Crippen LogP contribution in [-0.2, 0) is 15.8 Å². The van der Waals surface area contributed by atoms with Gasteiger partial charge in [0.25, 0.3) is 14.0 Å². The maximum absolute atomic E-state index is 13.2. The highest BCUT2D eigenvalue weighted by Crippen LogP contribution is 2.39. The zero-order valence-electron chi connectivity index (χ0n) is 22.4. The monoisotopic (exact) mass is 546 g/mol. The fourth-order valence-corrected chi connectivity index (χ4v) is 9.95. The molecule has 9 nitrogen and oxygen atoms in total. The smallest absolute Gasteiger partial charge is 0.410 e. The van der Waals surface area contributed by atoms with Gasteiger partial charge in [-0.3, -0.25) is 20.4 Å². The summed E-state index contributed by atoms with van der Waals surface area (Å²) >= 11 is 0. The van der Waals surface area contributed by atoms with E-state index >= 15 is 0 Å². The molecule has 2 atom stereocenters. The summed E-state index contributed by atoms with van der Waals surface area (Å²) in [5, 5.41) is 21.1. The third-order valence-electron chi connectivity index (χ3n) is 7.13. The van der Waals surface area contributed by atoms with Crippen LogP contribution in [0.4, 0.5) is 10.5 Å². The fourth-order valence-electron chi connectivity index (χ4n) is 5.26. The van der Waals surface area contributed by atoms with Gasteiger partial charge in [-0.15, -0.1) is 0 Å². The van der Waals surface area contributed by atoms with Crippen LogP contribution in [0.2, 0.25) is 5.04 Å². The van der Waals surface area contributed by atoms with E-state index in [4.69, 9.17) is 20.3 Å². The second kappa shape index (κ2) is 11.4. The van der Waals surface area contributed by atoms with Crippen LogP contribution < -0.4 is 16.1 Å². The summed E-state index contributed by atoms with van der Waals surface area (Å²) < 4.78 is 12.7. The number of carbonyl (C=O) groups excluding carboxylic acids is 1. The highest BCUT2D eigenvalue weighted by molar-refractivity contribution is 6.99. The topological polar surface area (TPSA) is 132 Å². The largest absolute Gasteiger partial charge is 0.445 e. The molecule has 3 aromatic rings. The minimum atomic E-state index is -2.87. The minimum Gasteiger partial charge on any atom is -0.445 e. The van der Waals surface area contributed by atoms with Crippen LogP contribution >= 0.6 is 0 Å². The van der Waals surface area contributed by atoms with E-state index < -0.39 is 25.4 Å². The highest BCUT2D eigenvalue weighted by Gasteiger charge is 2.53. The van der Waals surface area contributed by atoms with Crippen LogP contribution in [0.5, 0.6) is 0 Å². The average molecular weight is 547 g/mol. The van der Waals surface area contributed by atoms with Gasteiger partial charge in [-0.05, 0) is 33.1 Å². The van der Waals surface area contributed by atoms with Crippen molar-refractivity contribution < 1.29 is 18.9 Å². The molecule has 0 saturated carbocycles. The normalized spacial score (nSPS) is 17.6. The molecule has 3 aromatic carbocycles. The number of nitrogens with two attached hydrogens (primary N) is 1. The molecule has 1 fully saturated rings. The number of nitro groups is 1. The lowest BCUT2D eigenvalue weighted by atomic mass is 10.2. The SMILES string of the molecule is CC(C)(C)[Si](O[C@@H]1C[C@@H](C(=N)N)N(C(=O)OCc2ccc([N+](=O)[O-])cc2)C1)(c1ccccc1)c1ccccc1. The molecule has 0 spiro atoms. The average Bonchev–Trinajstić information content (AvgIpc) is 3.35. The van der Waals surface area contributed by atoms with Crippen molar-refractivity contribution in [3.63, 3.8) is 0 Å². The Labute approximate surface area is 229 Å². The summed E-state index contributed by atoms with van der Waals surface area (Å²) in [5.74, 6) is -0.129. The van der Waals surface area contributed by atoms with Gasteiger partial charge in [0.1, 0.15) is 12.4 Å². The van der Waals surface area contributed by atoms with E-state index in [1.807, 2.05) is 36.4 Å². The molecule has 1 saturated heterocycles. The van der Waals surface area contributed by atoms with E-state index in [0.717, 1.165) is 10.4 Å². The number of hydrogen-bond acceptors (Lipinski definition) is 6. The van der Waals surface area contributed by atoms with Crippen molar-refractivity contribution in [3.05, 3.63) is 101 Å². The van der Waals surface area contributed by atoms with Gasteiger partial charge in [0.2, 0.25) is 0 Å². The van der Waals surface area contributed by atoms with Crippen LogP contribution in [0.1, 0.15) is 32.8 Å². The Morgan fingerprint density at radius 3 is 2.03 bits per heavy atom. The summed E-state index contributed by atoms with van der Waals surface area (Å²) in [4.78, 5) is 25.0. The van der Waals surface area contributed by atoms with Gasteiger partial charge < -0.3 is 14.9 Å². The van der Waals surface area contributed by atoms with Crippen LogP contribution in [0.15, 0.2) is 84.9 Å². The van der Waals surface area contributed by atoms with Gasteiger partial charge in [0.05, 0.1) is 17.1 Å². The number of likely N-dealkylation sites (tertiary alicyclic amines) is 1. The Balaban J connectivity index is 1.59. The third-order valence-corrected chi connectivity index (χ3v) is 12.2. The number of nitrogens with zero attached hydrogens (tertiary/aromatic N) is 2. The molecule has 10 heteroatoms. The molecule has 0 unspecified atom stereocenters. The number of nitrogens with one attached hydrogen (secondary N) is 1. The second-order valence-corrected chi connectivity index (χ2v) is 15.0. The molecule has 1 heterocycles. The van der Waals surface area contributed by atoms with Crippen LogP contribution in [0.3, 0.4) is 0 Å². The third kappa shape index (κ3) is 5.86. The lowest BCUT2D eigenvalue weighted by Crippen LogP contribution is -2.67. The Morgan fingerprint density at radius 2 is 1.56 bits per heavy atom. The molecule has 39 heavy (non-hydrogen) atoms. The first-order valence-corrected chi connectivity index (χ1v) is 14.7. The Bertz CT molecular complexity index is 1270. The van der Waals surface area contributed by atoms with Gasteiger partial charge >= 0.3 is 6.09 Å². The molecular weight excluding hydrogens is 512 g/mol. The van der Waals surface area contributed by atoms with Gasteiger partial charge in [-0.1, -0.05) is 81.4 Å². The van der Waals surface area contributed by atoms with Gasteiger partial charge in [0, 0.05) is 25.1 Å². The molecule has 0 radical (unpaired) electrons. The van der Waals surface area contributed by atoms with Crippen molar-refractivity contribution in [3.8, 4) is 0 Å². The van der Waals surface area contributed by atoms with Crippen molar-refractivity contribution in [2.75, 3.05) is 6.54 Å². The molecule has 0 aromatic heterocycles. The number of benzene rings is 3. The standard InChI is InChI=1S/C29H34N4O5Si/c1-29(2,3)39(24-10-6-4-7-11-24,25-12-8-5-9-13-25)38-23-18-26(27(30)31)32(19-23)28(34)37-20-21-14-16-22(17-15-21)33(35)36/h4-17,23,26H,18-20H2,1-3H3,(H3,30,31)/t23-,26+/m1/s1. The first-order valence-electron chi connectivity index (χ1n) is 12.8. The van der Waals surface area contributed by atoms with Crippen molar-refractivity contribution in [1.29, 1.82) is 5.41 Å². The van der Waals surface area contributed by atoms with Gasteiger partial charge in [-0.2, -0.15) is 0 Å². The predicted octanol–water partition coefficient (Wildman–Crippen LogP) is 4.19. The summed E-state index contributed by atoms with van der Waals surface area (Å²) in [6, 6.07) is 25.7. The summed E-state index contributed by atoms with van der Waals surface area (Å²) in [5.41, 5.74) is 6.52. The fraction of sp³-hybridized carbons (Fsp3) is 0.310. The van der Waals surface area contributed by atoms with Crippen LogP contribution in [0.25, 0.3) is 0 Å². The van der Waals surface area contributed by atoms with Crippen molar-refractivity contribution in [2.45, 2.75) is 51.0 Å². The Kier molecular flexibility index (Phi) is 8.17. The van der Waals surface area contributed by atoms with Crippen molar-refractivity contribution in [2.24, 2.45) is 5.73 Å². The molecule has 4 rings (SSSR count). The van der Waals surface area contributed by atoms with E-state index in [1.54, 1.807) is 12.1 Å². The molecule has 0 bridgehead atoms. The zero-order chi connectivity index (χ0) is 28.2. The lowest BCUT2D eigenvalue weighted by Gasteiger charge is -2.44. The first-order chi connectivity index (χ1) is 18.5. The lowest BCUT2D eigenvalue weighted by molar-refractivity contribution is -0.384. The highest BCUT2D eigenvalue weighted by atomic mass is 28.4. The molecule has 1 amide bonds. The van der Waals surface area contributed by atoms with E-state index in [1.165, 1.54) is 17.0 Å². The minimum absolute atomic E-state index is 0.0374. The molecular formula is C29H34N4O5Si. The van der Waals surface area contributed by atoms with E-state index in [2.05, 4.69) is 45.0 Å². The zero-order valence-corrected chi connectivity index (χ0v) is 23.4. The van der Waals surface area contributed by atoms with Crippen LogP contribution in [-0.4, -0.2) is 48.8 Å². The number of carbonyl (C=O) groups is 1. The summed E-state index contributed by atoms with van der Waals surface area (Å²) in [6.07, 6.45) is -0.592. The number of non-ortho nitro benzene ring substituents is 1. The number of amidine groups is 1. The van der Waals surface area contributed by atoms with E-state index in [9.17, 15) is 14.9 Å². The quantitative estimate of drug-likeness (QED) is 0.143. The van der Waals surface area contributed by atoms with Crippen LogP contribution in [0, 0.1) is 15.5 Å². The Morgan fingerprint density at radius 1 is 1.03 bits per heavy atom. The number of amides is 1. The van der Waals surface area contributed by atoms with Crippen molar-refractivity contribution >= 4 is 36.3 Å². The van der Waals surface area contributed by atoms with E-state index in [0.29, 0.717) is 12.0 Å². The maximum atomic E-state index is 13.2. The molecule has 1 aliphatic heterocycles. The second-order valence-electron chi connectivity index (χ2n) is 10.7. The Hall–Kier alpha value is -4.02. The number of ether oxygens (including phenoxy) is 1. The van der Waals surface area contributed by atoms with E-state index in [-0.39, 0.29) is 35.8 Å². The molecule has 0 aliphatic carbocycles. The molecule has 1 aliphatic rings. The maximum Gasteiger partial charge on any atom is 0.410 e.